The lowest BCUT2D eigenvalue weighted by atomic mass is 9.43. The Hall–Kier alpha value is -1.50. The number of rotatable bonds is 5. The number of hydrogen-bond acceptors (Lipinski definition) is 5. The lowest BCUT2D eigenvalue weighted by Gasteiger charge is -2.62. The smallest absolute Gasteiger partial charge is 0.159 e. The number of halogens is 1. The Labute approximate surface area is 219 Å². The second-order valence-electron chi connectivity index (χ2n) is 13.0. The molecule has 0 amide bonds. The van der Waals surface area contributed by atoms with Gasteiger partial charge in [-0.1, -0.05) is 18.5 Å². The van der Waals surface area contributed by atoms with E-state index in [1.807, 2.05) is 26.2 Å². The molecule has 4 aliphatic rings. The number of methoxy groups -OCH3 is 1. The molecule has 4 fully saturated rings. The molecule has 8 atom stereocenters. The van der Waals surface area contributed by atoms with Gasteiger partial charge >= 0.3 is 0 Å². The summed E-state index contributed by atoms with van der Waals surface area (Å²) in [7, 11) is 1.85. The molecule has 4 aliphatic carbocycles. The molecule has 7 unspecified atom stereocenters. The number of carbonyl (C=O) groups is 1. The third kappa shape index (κ3) is 3.85. The SMILES string of the molecule is COC[C@]12CCC(C)(O)CC1CCC1C3CCC(C(=O)Cn4nc5ccc(Cl)cc5n4)C3(C)CCC12. The first-order valence-corrected chi connectivity index (χ1v) is 14.3. The molecule has 0 saturated heterocycles. The summed E-state index contributed by atoms with van der Waals surface area (Å²) in [6.45, 7) is 5.46. The van der Waals surface area contributed by atoms with Crippen LogP contribution >= 0.6 is 11.6 Å². The third-order valence-corrected chi connectivity index (χ3v) is 11.4. The minimum atomic E-state index is -0.542. The number of benzene rings is 1. The maximum Gasteiger partial charge on any atom is 0.159 e. The van der Waals surface area contributed by atoms with E-state index < -0.39 is 5.60 Å². The maximum absolute atomic E-state index is 13.7. The van der Waals surface area contributed by atoms with Crippen LogP contribution in [0.5, 0.6) is 0 Å². The number of aliphatic hydroxyl groups is 1. The number of aromatic nitrogens is 3. The van der Waals surface area contributed by atoms with Gasteiger partial charge in [-0.3, -0.25) is 4.79 Å². The molecule has 36 heavy (non-hydrogen) atoms. The van der Waals surface area contributed by atoms with Crippen molar-refractivity contribution in [1.29, 1.82) is 0 Å². The van der Waals surface area contributed by atoms with Crippen molar-refractivity contribution in [3.63, 3.8) is 0 Å². The number of nitrogens with zero attached hydrogens (tertiary/aromatic N) is 3. The van der Waals surface area contributed by atoms with Crippen molar-refractivity contribution in [3.8, 4) is 0 Å². The summed E-state index contributed by atoms with van der Waals surface area (Å²) in [6, 6.07) is 5.47. The van der Waals surface area contributed by atoms with Gasteiger partial charge in [0.25, 0.3) is 0 Å². The Balaban J connectivity index is 1.22. The van der Waals surface area contributed by atoms with Crippen molar-refractivity contribution in [2.45, 2.75) is 83.8 Å². The topological polar surface area (TPSA) is 77.2 Å². The molecule has 0 bridgehead atoms. The molecule has 1 aromatic carbocycles. The highest BCUT2D eigenvalue weighted by molar-refractivity contribution is 6.31. The summed E-state index contributed by atoms with van der Waals surface area (Å²) >= 11 is 6.11. The number of ether oxygens (including phenoxy) is 1. The quantitative estimate of drug-likeness (QED) is 0.555. The Morgan fingerprint density at radius 2 is 1.89 bits per heavy atom. The van der Waals surface area contributed by atoms with Crippen LogP contribution in [-0.2, 0) is 16.1 Å². The van der Waals surface area contributed by atoms with Crippen LogP contribution in [0.1, 0.15) is 71.6 Å². The average Bonchev–Trinajstić information content (AvgIpc) is 3.38. The van der Waals surface area contributed by atoms with Crippen molar-refractivity contribution in [3.05, 3.63) is 23.2 Å². The summed E-state index contributed by atoms with van der Waals surface area (Å²) < 4.78 is 5.89. The first kappa shape index (κ1) is 24.8. The molecular formula is C29H40ClN3O3. The fourth-order valence-electron chi connectivity index (χ4n) is 9.56. The van der Waals surface area contributed by atoms with E-state index in [0.29, 0.717) is 28.7 Å². The van der Waals surface area contributed by atoms with E-state index in [2.05, 4.69) is 17.1 Å². The minimum absolute atomic E-state index is 0.0510. The summed E-state index contributed by atoms with van der Waals surface area (Å²) in [6.07, 6.45) is 9.64. The summed E-state index contributed by atoms with van der Waals surface area (Å²) in [5.74, 6) is 2.78. The minimum Gasteiger partial charge on any atom is -0.390 e. The summed E-state index contributed by atoms with van der Waals surface area (Å²) in [5.41, 5.74) is 1.20. The molecule has 7 heteroatoms. The predicted octanol–water partition coefficient (Wildman–Crippen LogP) is 5.69. The monoisotopic (exact) mass is 513 g/mol. The van der Waals surface area contributed by atoms with E-state index in [-0.39, 0.29) is 29.1 Å². The van der Waals surface area contributed by atoms with Crippen LogP contribution in [0.2, 0.25) is 5.02 Å². The Morgan fingerprint density at radius 1 is 1.08 bits per heavy atom. The van der Waals surface area contributed by atoms with Gasteiger partial charge in [0.05, 0.1) is 12.2 Å². The highest BCUT2D eigenvalue weighted by Crippen LogP contribution is 2.68. The molecule has 0 spiro atoms. The Morgan fingerprint density at radius 3 is 2.69 bits per heavy atom. The van der Waals surface area contributed by atoms with E-state index in [1.54, 1.807) is 10.9 Å². The van der Waals surface area contributed by atoms with Crippen molar-refractivity contribution in [2.75, 3.05) is 13.7 Å². The zero-order valence-corrected chi connectivity index (χ0v) is 22.6. The number of ketones is 1. The van der Waals surface area contributed by atoms with Gasteiger partial charge < -0.3 is 9.84 Å². The van der Waals surface area contributed by atoms with Gasteiger partial charge in [-0.25, -0.2) is 0 Å². The summed E-state index contributed by atoms with van der Waals surface area (Å²) in [5, 5.41) is 20.6. The normalized spacial score (nSPS) is 42.1. The van der Waals surface area contributed by atoms with Crippen molar-refractivity contribution >= 4 is 28.4 Å². The first-order valence-electron chi connectivity index (χ1n) is 13.9. The zero-order valence-electron chi connectivity index (χ0n) is 21.9. The van der Waals surface area contributed by atoms with E-state index in [1.165, 1.54) is 19.3 Å². The molecule has 1 heterocycles. The molecule has 1 aromatic heterocycles. The fraction of sp³-hybridized carbons (Fsp3) is 0.759. The lowest BCUT2D eigenvalue weighted by Crippen LogP contribution is -2.58. The van der Waals surface area contributed by atoms with Gasteiger partial charge in [-0.15, -0.1) is 0 Å². The third-order valence-electron chi connectivity index (χ3n) is 11.1. The van der Waals surface area contributed by atoms with Crippen LogP contribution in [0, 0.1) is 40.4 Å². The van der Waals surface area contributed by atoms with Gasteiger partial charge in [-0.05, 0) is 117 Å². The maximum atomic E-state index is 13.7. The van der Waals surface area contributed by atoms with Gasteiger partial charge in [0, 0.05) is 18.1 Å². The van der Waals surface area contributed by atoms with Crippen molar-refractivity contribution < 1.29 is 14.6 Å². The van der Waals surface area contributed by atoms with Crippen LogP contribution in [0.3, 0.4) is 0 Å². The standard InChI is InChI=1S/C29H40ClN3O3/c1-27(35)12-13-29(17-36-3)18(15-27)4-6-20-21-7-8-23(28(21,2)11-10-22(20)29)26(34)16-33-31-24-9-5-19(30)14-25(24)32-33/h5,9,14,18,20-23,35H,4,6-8,10-13,15-17H2,1-3H3/t18?,20?,21?,22?,23?,27?,28?,29-/m1/s1. The Bertz CT molecular complexity index is 1160. The molecule has 1 N–H and O–H groups in total. The molecule has 2 aromatic rings. The van der Waals surface area contributed by atoms with Crippen LogP contribution in [0.15, 0.2) is 18.2 Å². The van der Waals surface area contributed by atoms with Crippen LogP contribution < -0.4 is 0 Å². The second kappa shape index (κ2) is 8.78. The Kier molecular flexibility index (Phi) is 6.05. The molecular weight excluding hydrogens is 474 g/mol. The van der Waals surface area contributed by atoms with E-state index >= 15 is 0 Å². The van der Waals surface area contributed by atoms with Crippen molar-refractivity contribution in [1.82, 2.24) is 15.0 Å². The first-order chi connectivity index (χ1) is 17.1. The van der Waals surface area contributed by atoms with E-state index in [0.717, 1.165) is 56.2 Å². The van der Waals surface area contributed by atoms with Gasteiger partial charge in [0.1, 0.15) is 17.6 Å². The number of carbonyl (C=O) groups excluding carboxylic acids is 1. The van der Waals surface area contributed by atoms with E-state index in [4.69, 9.17) is 16.3 Å². The molecule has 6 rings (SSSR count). The van der Waals surface area contributed by atoms with Gasteiger partial charge in [0.2, 0.25) is 0 Å². The van der Waals surface area contributed by atoms with Crippen molar-refractivity contribution in [2.24, 2.45) is 40.4 Å². The fourth-order valence-corrected chi connectivity index (χ4v) is 9.73. The predicted molar refractivity (Wildman–Crippen MR) is 140 cm³/mol. The van der Waals surface area contributed by atoms with Crippen LogP contribution in [0.25, 0.3) is 11.0 Å². The number of hydrogen-bond donors (Lipinski definition) is 1. The molecule has 196 valence electrons. The lowest BCUT2D eigenvalue weighted by molar-refractivity contribution is -0.175. The highest BCUT2D eigenvalue weighted by Gasteiger charge is 2.63. The number of fused-ring (bicyclic) bond motifs is 6. The van der Waals surface area contributed by atoms with Crippen LogP contribution in [0.4, 0.5) is 0 Å². The molecule has 0 radical (unpaired) electrons. The molecule has 0 aliphatic heterocycles. The van der Waals surface area contributed by atoms with Gasteiger partial charge in [-0.2, -0.15) is 15.0 Å². The zero-order chi connectivity index (χ0) is 25.3. The summed E-state index contributed by atoms with van der Waals surface area (Å²) in [4.78, 5) is 15.2. The molecule has 4 saturated carbocycles. The molecule has 6 nitrogen and oxygen atoms in total. The van der Waals surface area contributed by atoms with Crippen LogP contribution in [-0.4, -0.2) is 45.2 Å². The van der Waals surface area contributed by atoms with E-state index in [9.17, 15) is 9.90 Å². The average molecular weight is 514 g/mol. The number of Topliss-reactive ketones (excluding diaryl/α,β-unsaturated/α-hetero) is 1. The second-order valence-corrected chi connectivity index (χ2v) is 13.5. The van der Waals surface area contributed by atoms with Gasteiger partial charge in [0.15, 0.2) is 5.78 Å². The highest BCUT2D eigenvalue weighted by atomic mass is 35.5. The largest absolute Gasteiger partial charge is 0.390 e.